The minimum atomic E-state index is -0.00222. The van der Waals surface area contributed by atoms with Crippen molar-refractivity contribution in [3.8, 4) is 0 Å². The molecule has 2 aromatic rings. The largest absolute Gasteiger partial charge is 0.370 e. The van der Waals surface area contributed by atoms with Crippen molar-refractivity contribution < 1.29 is 4.79 Å². The van der Waals surface area contributed by atoms with Crippen LogP contribution in [0.5, 0.6) is 0 Å². The fraction of sp³-hybridized carbons (Fsp3) is 0.375. The van der Waals surface area contributed by atoms with Crippen molar-refractivity contribution in [3.63, 3.8) is 0 Å². The van der Waals surface area contributed by atoms with Gasteiger partial charge in [0.25, 0.3) is 5.91 Å². The molecule has 1 amide bonds. The predicted molar refractivity (Wildman–Crippen MR) is 135 cm³/mol. The molecule has 164 valence electrons. The van der Waals surface area contributed by atoms with Crippen LogP contribution in [0.3, 0.4) is 0 Å². The van der Waals surface area contributed by atoms with Crippen LogP contribution in [-0.4, -0.2) is 43.9 Å². The Labute approximate surface area is 198 Å². The molecule has 1 N–H and O–H groups in total. The second-order valence-electron chi connectivity index (χ2n) is 8.03. The first-order valence-electron chi connectivity index (χ1n) is 10.6. The molecule has 2 unspecified atom stereocenters. The van der Waals surface area contributed by atoms with E-state index >= 15 is 0 Å². The number of likely N-dealkylation sites (N-methyl/N-ethyl adjacent to an activating group) is 1. The molecule has 2 aliphatic heterocycles. The summed E-state index contributed by atoms with van der Waals surface area (Å²) in [6, 6.07) is 14.5. The van der Waals surface area contributed by atoms with Crippen LogP contribution in [0.15, 0.2) is 47.4 Å². The number of hydrogen-bond acceptors (Lipinski definition) is 4. The first kappa shape index (κ1) is 22.5. The minimum absolute atomic E-state index is 0.00222. The summed E-state index contributed by atoms with van der Waals surface area (Å²) in [5.74, 6) is 0.829. The highest BCUT2D eigenvalue weighted by Gasteiger charge is 2.27. The van der Waals surface area contributed by atoms with Crippen molar-refractivity contribution in [2.24, 2.45) is 0 Å². The molecule has 0 radical (unpaired) electrons. The van der Waals surface area contributed by atoms with Crippen LogP contribution in [0.25, 0.3) is 6.08 Å². The van der Waals surface area contributed by atoms with E-state index in [2.05, 4.69) is 42.4 Å². The van der Waals surface area contributed by atoms with Gasteiger partial charge in [-0.2, -0.15) is 0 Å². The summed E-state index contributed by atoms with van der Waals surface area (Å²) in [6.45, 7) is 3.99. The molecular weight excluding hydrogens is 449 g/mol. The normalized spacial score (nSPS) is 21.5. The standard InChI is InChI=1S/C24H27Cl2N3OS/c1-16(21-7-5-11-27-21)28(2)22-8-4-3-6-17(22)14-23-24(30)29(12-13-31-23)18-9-10-19(25)20(26)15-18/h3-4,6,8-10,14-16,21,27H,5,7,11-13H2,1-2H3. The summed E-state index contributed by atoms with van der Waals surface area (Å²) in [4.78, 5) is 18.1. The smallest absolute Gasteiger partial charge is 0.264 e. The first-order valence-corrected chi connectivity index (χ1v) is 12.4. The third-order valence-electron chi connectivity index (χ3n) is 6.14. The average Bonchev–Trinajstić information content (AvgIpc) is 3.31. The van der Waals surface area contributed by atoms with Gasteiger partial charge >= 0.3 is 0 Å². The molecule has 4 nitrogen and oxygen atoms in total. The zero-order chi connectivity index (χ0) is 22.0. The Bertz CT molecular complexity index is 991. The maximum atomic E-state index is 13.3. The number of carbonyl (C=O) groups is 1. The molecule has 2 fully saturated rings. The van der Waals surface area contributed by atoms with E-state index in [0.717, 1.165) is 34.1 Å². The van der Waals surface area contributed by atoms with E-state index in [1.807, 2.05) is 18.2 Å². The number of nitrogens with zero attached hydrogens (tertiary/aromatic N) is 2. The number of rotatable bonds is 5. The van der Waals surface area contributed by atoms with E-state index in [0.29, 0.717) is 28.7 Å². The molecule has 31 heavy (non-hydrogen) atoms. The summed E-state index contributed by atoms with van der Waals surface area (Å²) in [5.41, 5.74) is 2.97. The maximum absolute atomic E-state index is 13.3. The fourth-order valence-electron chi connectivity index (χ4n) is 4.23. The van der Waals surface area contributed by atoms with Crippen molar-refractivity contribution in [3.05, 3.63) is 63.0 Å². The van der Waals surface area contributed by atoms with Crippen molar-refractivity contribution in [2.75, 3.05) is 35.7 Å². The van der Waals surface area contributed by atoms with Gasteiger partial charge in [0.15, 0.2) is 0 Å². The van der Waals surface area contributed by atoms with Crippen molar-refractivity contribution in [2.45, 2.75) is 31.8 Å². The lowest BCUT2D eigenvalue weighted by molar-refractivity contribution is -0.114. The van der Waals surface area contributed by atoms with Crippen LogP contribution in [0, 0.1) is 0 Å². The monoisotopic (exact) mass is 475 g/mol. The van der Waals surface area contributed by atoms with Gasteiger partial charge in [0, 0.05) is 42.8 Å². The van der Waals surface area contributed by atoms with Crippen LogP contribution in [0.2, 0.25) is 10.0 Å². The van der Waals surface area contributed by atoms with Gasteiger partial charge < -0.3 is 15.1 Å². The van der Waals surface area contributed by atoms with Gasteiger partial charge in [-0.15, -0.1) is 11.8 Å². The Morgan fingerprint density at radius 2 is 2.03 bits per heavy atom. The SMILES string of the molecule is CC(C1CCCN1)N(C)c1ccccc1C=C1SCCN(c2ccc(Cl)c(Cl)c2)C1=O. The number of benzene rings is 2. The number of para-hydroxylation sites is 1. The van der Waals surface area contributed by atoms with E-state index in [9.17, 15) is 4.79 Å². The van der Waals surface area contributed by atoms with Crippen molar-refractivity contribution in [1.29, 1.82) is 0 Å². The summed E-state index contributed by atoms with van der Waals surface area (Å²) in [7, 11) is 2.14. The lowest BCUT2D eigenvalue weighted by atomic mass is 10.0. The van der Waals surface area contributed by atoms with Crippen molar-refractivity contribution >= 4 is 58.3 Å². The molecule has 0 saturated carbocycles. The van der Waals surface area contributed by atoms with Gasteiger partial charge in [-0.25, -0.2) is 0 Å². The molecule has 4 rings (SSSR count). The number of halogens is 2. The molecule has 2 saturated heterocycles. The summed E-state index contributed by atoms with van der Waals surface area (Å²) in [5, 5.41) is 4.55. The molecule has 0 aliphatic carbocycles. The van der Waals surface area contributed by atoms with Gasteiger partial charge in [-0.05, 0) is 62.2 Å². The van der Waals surface area contributed by atoms with Gasteiger partial charge in [0.05, 0.1) is 15.0 Å². The Balaban J connectivity index is 1.60. The summed E-state index contributed by atoms with van der Waals surface area (Å²) >= 11 is 13.8. The number of thioether (sulfide) groups is 1. The van der Waals surface area contributed by atoms with Gasteiger partial charge in [-0.1, -0.05) is 41.4 Å². The van der Waals surface area contributed by atoms with Crippen LogP contribution < -0.4 is 15.1 Å². The summed E-state index contributed by atoms with van der Waals surface area (Å²) in [6.07, 6.45) is 4.45. The number of hydrogen-bond donors (Lipinski definition) is 1. The zero-order valence-electron chi connectivity index (χ0n) is 17.8. The molecule has 0 spiro atoms. The highest BCUT2D eigenvalue weighted by atomic mass is 35.5. The molecule has 7 heteroatoms. The Hall–Kier alpha value is -1.66. The molecule has 0 aromatic heterocycles. The van der Waals surface area contributed by atoms with E-state index in [4.69, 9.17) is 23.2 Å². The van der Waals surface area contributed by atoms with Crippen LogP contribution in [0.4, 0.5) is 11.4 Å². The Morgan fingerprint density at radius 1 is 1.23 bits per heavy atom. The molecular formula is C24H27Cl2N3OS. The highest BCUT2D eigenvalue weighted by molar-refractivity contribution is 8.04. The summed E-state index contributed by atoms with van der Waals surface area (Å²) < 4.78 is 0. The molecule has 2 heterocycles. The second kappa shape index (κ2) is 9.86. The third-order valence-corrected chi connectivity index (χ3v) is 7.87. The molecule has 2 aromatic carbocycles. The second-order valence-corrected chi connectivity index (χ2v) is 9.98. The van der Waals surface area contributed by atoms with Gasteiger partial charge in [0.2, 0.25) is 0 Å². The molecule has 2 atom stereocenters. The fourth-order valence-corrected chi connectivity index (χ4v) is 5.46. The number of carbonyl (C=O) groups excluding carboxylic acids is 1. The van der Waals surface area contributed by atoms with Gasteiger partial charge in [-0.3, -0.25) is 4.79 Å². The molecule has 2 aliphatic rings. The first-order chi connectivity index (χ1) is 15.0. The topological polar surface area (TPSA) is 35.6 Å². The van der Waals surface area contributed by atoms with Crippen LogP contribution in [0.1, 0.15) is 25.3 Å². The minimum Gasteiger partial charge on any atom is -0.370 e. The van der Waals surface area contributed by atoms with Crippen LogP contribution in [-0.2, 0) is 4.79 Å². The Kier molecular flexibility index (Phi) is 7.17. The molecule has 0 bridgehead atoms. The van der Waals surface area contributed by atoms with Gasteiger partial charge in [0.1, 0.15) is 0 Å². The predicted octanol–water partition coefficient (Wildman–Crippen LogP) is 5.69. The highest BCUT2D eigenvalue weighted by Crippen LogP contribution is 2.34. The maximum Gasteiger partial charge on any atom is 0.264 e. The quantitative estimate of drug-likeness (QED) is 0.563. The third kappa shape index (κ3) is 4.90. The Morgan fingerprint density at radius 3 is 2.77 bits per heavy atom. The zero-order valence-corrected chi connectivity index (χ0v) is 20.1. The van der Waals surface area contributed by atoms with Crippen molar-refractivity contribution in [1.82, 2.24) is 5.32 Å². The lowest BCUT2D eigenvalue weighted by Crippen LogP contribution is -2.44. The van der Waals surface area contributed by atoms with E-state index in [1.54, 1.807) is 28.8 Å². The van der Waals surface area contributed by atoms with E-state index in [-0.39, 0.29) is 5.91 Å². The number of nitrogens with one attached hydrogen (secondary N) is 1. The average molecular weight is 476 g/mol. The lowest BCUT2D eigenvalue weighted by Gasteiger charge is -2.33. The number of amides is 1. The van der Waals surface area contributed by atoms with Crippen LogP contribution >= 0.6 is 35.0 Å². The van der Waals surface area contributed by atoms with E-state index < -0.39 is 0 Å². The van der Waals surface area contributed by atoms with E-state index in [1.165, 1.54) is 12.8 Å². The number of anilines is 2.